The SMILES string of the molecule is Cc1ccc(-n2cc(C(=O)N[C@@H](C)CN)nn2)cc1.Cl. The molecule has 2 rings (SSSR count). The van der Waals surface area contributed by atoms with Gasteiger partial charge < -0.3 is 11.1 Å². The Labute approximate surface area is 123 Å². The number of nitrogens with zero attached hydrogens (tertiary/aromatic N) is 3. The van der Waals surface area contributed by atoms with Crippen molar-refractivity contribution in [2.24, 2.45) is 5.73 Å². The molecule has 2 aromatic rings. The topological polar surface area (TPSA) is 85.8 Å². The van der Waals surface area contributed by atoms with Crippen molar-refractivity contribution in [1.29, 1.82) is 0 Å². The van der Waals surface area contributed by atoms with Crippen LogP contribution in [0.15, 0.2) is 30.5 Å². The van der Waals surface area contributed by atoms with Crippen molar-refractivity contribution >= 4 is 18.3 Å². The summed E-state index contributed by atoms with van der Waals surface area (Å²) in [6, 6.07) is 7.72. The Bertz CT molecular complexity index is 566. The molecule has 0 spiro atoms. The minimum absolute atomic E-state index is 0. The second kappa shape index (κ2) is 7.02. The minimum Gasteiger partial charge on any atom is -0.347 e. The molecule has 108 valence electrons. The first-order valence-electron chi connectivity index (χ1n) is 6.10. The highest BCUT2D eigenvalue weighted by Gasteiger charge is 2.13. The number of nitrogens with one attached hydrogen (secondary N) is 1. The summed E-state index contributed by atoms with van der Waals surface area (Å²) in [6.07, 6.45) is 1.60. The fourth-order valence-corrected chi connectivity index (χ4v) is 1.55. The lowest BCUT2D eigenvalue weighted by Gasteiger charge is -2.08. The zero-order valence-corrected chi connectivity index (χ0v) is 12.2. The average Bonchev–Trinajstić information content (AvgIpc) is 2.89. The average molecular weight is 296 g/mol. The van der Waals surface area contributed by atoms with Crippen LogP contribution in [0, 0.1) is 6.92 Å². The van der Waals surface area contributed by atoms with Crippen LogP contribution in [-0.4, -0.2) is 33.5 Å². The number of nitrogens with two attached hydrogens (primary N) is 1. The van der Waals surface area contributed by atoms with Crippen LogP contribution in [0.2, 0.25) is 0 Å². The number of aryl methyl sites for hydroxylation is 1. The summed E-state index contributed by atoms with van der Waals surface area (Å²) in [5.74, 6) is -0.267. The molecular weight excluding hydrogens is 278 g/mol. The molecule has 0 saturated heterocycles. The van der Waals surface area contributed by atoms with Crippen molar-refractivity contribution in [3.63, 3.8) is 0 Å². The predicted octanol–water partition coefficient (Wildman–Crippen LogP) is 1.07. The van der Waals surface area contributed by atoms with Crippen molar-refractivity contribution in [2.45, 2.75) is 19.9 Å². The number of carbonyl (C=O) groups excluding carboxylic acids is 1. The van der Waals surface area contributed by atoms with Crippen molar-refractivity contribution in [1.82, 2.24) is 20.3 Å². The van der Waals surface area contributed by atoms with Crippen LogP contribution in [-0.2, 0) is 0 Å². The molecule has 7 heteroatoms. The van der Waals surface area contributed by atoms with Crippen LogP contribution >= 0.6 is 12.4 Å². The molecule has 1 amide bonds. The van der Waals surface area contributed by atoms with Crippen LogP contribution in [0.25, 0.3) is 5.69 Å². The third-order valence-electron chi connectivity index (χ3n) is 2.76. The van der Waals surface area contributed by atoms with Crippen LogP contribution in [0.1, 0.15) is 23.0 Å². The zero-order valence-electron chi connectivity index (χ0n) is 11.4. The lowest BCUT2D eigenvalue weighted by atomic mass is 10.2. The highest BCUT2D eigenvalue weighted by atomic mass is 35.5. The van der Waals surface area contributed by atoms with Crippen molar-refractivity contribution < 1.29 is 4.79 Å². The lowest BCUT2D eigenvalue weighted by Crippen LogP contribution is -2.37. The van der Waals surface area contributed by atoms with Gasteiger partial charge in [-0.25, -0.2) is 4.68 Å². The fourth-order valence-electron chi connectivity index (χ4n) is 1.55. The Hall–Kier alpha value is -1.92. The van der Waals surface area contributed by atoms with E-state index in [0.717, 1.165) is 5.69 Å². The van der Waals surface area contributed by atoms with E-state index in [1.807, 2.05) is 38.1 Å². The molecule has 1 aromatic heterocycles. The summed E-state index contributed by atoms with van der Waals surface area (Å²) in [5, 5.41) is 10.5. The molecule has 6 nitrogen and oxygen atoms in total. The number of benzene rings is 1. The van der Waals surface area contributed by atoms with E-state index in [1.54, 1.807) is 10.9 Å². The third-order valence-corrected chi connectivity index (χ3v) is 2.76. The number of amides is 1. The molecule has 0 aliphatic heterocycles. The maximum absolute atomic E-state index is 11.8. The number of halogens is 1. The third kappa shape index (κ3) is 3.79. The van der Waals surface area contributed by atoms with Crippen LogP contribution in [0.4, 0.5) is 0 Å². The van der Waals surface area contributed by atoms with Crippen molar-refractivity contribution in [3.8, 4) is 5.69 Å². The van der Waals surface area contributed by atoms with Gasteiger partial charge >= 0.3 is 0 Å². The molecule has 0 fully saturated rings. The summed E-state index contributed by atoms with van der Waals surface area (Å²) < 4.78 is 1.57. The summed E-state index contributed by atoms with van der Waals surface area (Å²) >= 11 is 0. The zero-order chi connectivity index (χ0) is 13.8. The number of rotatable bonds is 4. The van der Waals surface area contributed by atoms with Crippen LogP contribution < -0.4 is 11.1 Å². The van der Waals surface area contributed by atoms with Crippen LogP contribution in [0.5, 0.6) is 0 Å². The van der Waals surface area contributed by atoms with Gasteiger partial charge in [0.05, 0.1) is 11.9 Å². The van der Waals surface area contributed by atoms with E-state index in [2.05, 4.69) is 15.6 Å². The molecular formula is C13H18ClN5O. The van der Waals surface area contributed by atoms with E-state index in [1.165, 1.54) is 5.56 Å². The smallest absolute Gasteiger partial charge is 0.273 e. The monoisotopic (exact) mass is 295 g/mol. The molecule has 1 aromatic carbocycles. The van der Waals surface area contributed by atoms with Crippen molar-refractivity contribution in [2.75, 3.05) is 6.54 Å². The van der Waals surface area contributed by atoms with E-state index in [4.69, 9.17) is 5.73 Å². The van der Waals surface area contributed by atoms with E-state index in [0.29, 0.717) is 6.54 Å². The van der Waals surface area contributed by atoms with Gasteiger partial charge in [0, 0.05) is 12.6 Å². The van der Waals surface area contributed by atoms with Gasteiger partial charge in [0.1, 0.15) is 0 Å². The van der Waals surface area contributed by atoms with Gasteiger partial charge in [-0.05, 0) is 26.0 Å². The van der Waals surface area contributed by atoms with E-state index in [9.17, 15) is 4.79 Å². The summed E-state index contributed by atoms with van der Waals surface area (Å²) in [5.41, 5.74) is 7.76. The van der Waals surface area contributed by atoms with Gasteiger partial charge in [0.2, 0.25) is 0 Å². The normalized spacial score (nSPS) is 11.6. The number of hydrogen-bond acceptors (Lipinski definition) is 4. The summed E-state index contributed by atoms with van der Waals surface area (Å²) in [7, 11) is 0. The van der Waals surface area contributed by atoms with E-state index >= 15 is 0 Å². The second-order valence-electron chi connectivity index (χ2n) is 4.49. The molecule has 0 radical (unpaired) electrons. The quantitative estimate of drug-likeness (QED) is 0.883. The predicted molar refractivity (Wildman–Crippen MR) is 79.3 cm³/mol. The van der Waals surface area contributed by atoms with Gasteiger partial charge in [-0.1, -0.05) is 22.9 Å². The maximum Gasteiger partial charge on any atom is 0.273 e. The van der Waals surface area contributed by atoms with E-state index in [-0.39, 0.29) is 30.0 Å². The first-order chi connectivity index (χ1) is 9.10. The molecule has 0 aliphatic rings. The Morgan fingerprint density at radius 2 is 2.05 bits per heavy atom. The number of aromatic nitrogens is 3. The Morgan fingerprint density at radius 3 is 2.65 bits per heavy atom. The fraction of sp³-hybridized carbons (Fsp3) is 0.308. The minimum atomic E-state index is -0.267. The van der Waals surface area contributed by atoms with Gasteiger partial charge in [-0.2, -0.15) is 0 Å². The first-order valence-corrected chi connectivity index (χ1v) is 6.10. The highest BCUT2D eigenvalue weighted by Crippen LogP contribution is 2.08. The second-order valence-corrected chi connectivity index (χ2v) is 4.49. The maximum atomic E-state index is 11.8. The van der Waals surface area contributed by atoms with Crippen LogP contribution in [0.3, 0.4) is 0 Å². The molecule has 0 saturated carbocycles. The number of hydrogen-bond donors (Lipinski definition) is 2. The number of carbonyl (C=O) groups is 1. The van der Waals surface area contributed by atoms with Gasteiger partial charge in [-0.3, -0.25) is 4.79 Å². The summed E-state index contributed by atoms with van der Waals surface area (Å²) in [4.78, 5) is 11.8. The Balaban J connectivity index is 0.00000200. The largest absolute Gasteiger partial charge is 0.347 e. The molecule has 20 heavy (non-hydrogen) atoms. The summed E-state index contributed by atoms with van der Waals surface area (Å²) in [6.45, 7) is 4.23. The molecule has 0 unspecified atom stereocenters. The van der Waals surface area contributed by atoms with Gasteiger partial charge in [-0.15, -0.1) is 17.5 Å². The van der Waals surface area contributed by atoms with Crippen molar-refractivity contribution in [3.05, 3.63) is 41.7 Å². The Morgan fingerprint density at radius 1 is 1.40 bits per heavy atom. The lowest BCUT2D eigenvalue weighted by molar-refractivity contribution is 0.0936. The van der Waals surface area contributed by atoms with E-state index < -0.39 is 0 Å². The molecule has 0 bridgehead atoms. The Kier molecular flexibility index (Phi) is 5.66. The van der Waals surface area contributed by atoms with Gasteiger partial charge in [0.25, 0.3) is 5.91 Å². The standard InChI is InChI=1S/C13H17N5O.ClH/c1-9-3-5-11(6-4-9)18-8-12(16-17-18)13(19)15-10(2)7-14;/h3-6,8,10H,7,14H2,1-2H3,(H,15,19);1H/t10-;/m0./s1. The highest BCUT2D eigenvalue weighted by molar-refractivity contribution is 5.92. The van der Waals surface area contributed by atoms with Gasteiger partial charge in [0.15, 0.2) is 5.69 Å². The molecule has 1 heterocycles. The molecule has 0 aliphatic carbocycles. The first kappa shape index (κ1) is 16.1. The molecule has 1 atom stereocenters. The molecule has 3 N–H and O–H groups in total.